The van der Waals surface area contributed by atoms with Gasteiger partial charge in [-0.25, -0.2) is 0 Å². The third-order valence-corrected chi connectivity index (χ3v) is 3.34. The highest BCUT2D eigenvalue weighted by molar-refractivity contribution is 7.85. The highest BCUT2D eigenvalue weighted by atomic mass is 32.2. The molecule has 0 radical (unpaired) electrons. The van der Waals surface area contributed by atoms with Crippen molar-refractivity contribution in [1.82, 2.24) is 0 Å². The van der Waals surface area contributed by atoms with Crippen LogP contribution >= 0.6 is 0 Å². The number of amidine groups is 1. The molecule has 0 aliphatic carbocycles. The molecule has 0 bridgehead atoms. The maximum Gasteiger partial charge on any atom is 0.311 e. The Labute approximate surface area is 153 Å². The number of esters is 1. The lowest BCUT2D eigenvalue weighted by Crippen LogP contribution is -2.10. The van der Waals surface area contributed by atoms with Gasteiger partial charge >= 0.3 is 5.97 Å². The zero-order valence-corrected chi connectivity index (χ0v) is 15.7. The Morgan fingerprint density at radius 3 is 2.31 bits per heavy atom. The van der Waals surface area contributed by atoms with Gasteiger partial charge in [-0.15, -0.1) is 0 Å². The molecule has 7 nitrogen and oxygen atoms in total. The predicted molar refractivity (Wildman–Crippen MR) is 102 cm³/mol. The Morgan fingerprint density at radius 1 is 1.15 bits per heavy atom. The number of nitrogens with two attached hydrogens (primary N) is 1. The van der Waals surface area contributed by atoms with Crippen LogP contribution in [0.1, 0.15) is 38.2 Å². The molecule has 2 rings (SSSR count). The minimum Gasteiger partial charge on any atom is -0.427 e. The summed E-state index contributed by atoms with van der Waals surface area (Å²) in [6.45, 7) is 2.10. The zero-order chi connectivity index (χ0) is 19.7. The average Bonchev–Trinajstić information content (AvgIpc) is 2.53. The fourth-order valence-corrected chi connectivity index (χ4v) is 2.16. The molecule has 0 aromatic heterocycles. The van der Waals surface area contributed by atoms with Crippen LogP contribution in [0.4, 0.5) is 0 Å². The van der Waals surface area contributed by atoms with E-state index in [0.717, 1.165) is 30.0 Å². The van der Waals surface area contributed by atoms with Crippen LogP contribution < -0.4 is 10.5 Å². The second kappa shape index (κ2) is 9.88. The number of unbranched alkanes of at least 4 members (excludes halogenated alkanes) is 2. The van der Waals surface area contributed by atoms with E-state index < -0.39 is 10.1 Å². The van der Waals surface area contributed by atoms with Gasteiger partial charge in [0.1, 0.15) is 11.6 Å². The van der Waals surface area contributed by atoms with E-state index in [4.69, 9.17) is 20.4 Å². The number of hydrogen-bond donors (Lipinski definition) is 3. The summed E-state index contributed by atoms with van der Waals surface area (Å²) in [6, 6.07) is 11.0. The molecule has 0 unspecified atom stereocenters. The topological polar surface area (TPSA) is 131 Å². The predicted octanol–water partition coefficient (Wildman–Crippen LogP) is 3.11. The molecule has 26 heavy (non-hydrogen) atoms. The highest BCUT2D eigenvalue weighted by Crippen LogP contribution is 2.22. The summed E-state index contributed by atoms with van der Waals surface area (Å²) in [6.07, 6.45) is 4.16. The molecule has 142 valence electrons. The Balaban J connectivity index is 0.000000597. The molecule has 2 aromatic carbocycles. The monoisotopic (exact) mass is 380 g/mol. The van der Waals surface area contributed by atoms with Crippen LogP contribution in [0.2, 0.25) is 0 Å². The van der Waals surface area contributed by atoms with Gasteiger partial charge in [0.05, 0.1) is 6.26 Å². The van der Waals surface area contributed by atoms with Gasteiger partial charge in [-0.05, 0) is 35.4 Å². The van der Waals surface area contributed by atoms with E-state index in [1.54, 1.807) is 12.1 Å². The van der Waals surface area contributed by atoms with Gasteiger partial charge in [0.25, 0.3) is 10.1 Å². The van der Waals surface area contributed by atoms with Crippen molar-refractivity contribution in [2.45, 2.75) is 32.6 Å². The first-order valence-electron chi connectivity index (χ1n) is 8.11. The second-order valence-corrected chi connectivity index (χ2v) is 7.27. The first kappa shape index (κ1) is 21.6. The summed E-state index contributed by atoms with van der Waals surface area (Å²) < 4.78 is 31.2. The minimum atomic E-state index is -3.67. The Hall–Kier alpha value is -2.45. The quantitative estimate of drug-likeness (QED) is 0.176. The SMILES string of the molecule is CCCCCC(=O)Oc1ccc2cc(C(=N)N)ccc2c1.CS(=O)(=O)O. The fourth-order valence-electron chi connectivity index (χ4n) is 2.16. The summed E-state index contributed by atoms with van der Waals surface area (Å²) in [5, 5.41) is 9.36. The highest BCUT2D eigenvalue weighted by Gasteiger charge is 2.06. The number of nitrogen functional groups attached to an aromatic ring is 1. The molecule has 0 heterocycles. The first-order chi connectivity index (χ1) is 12.1. The smallest absolute Gasteiger partial charge is 0.311 e. The number of nitrogens with one attached hydrogen (secondary N) is 1. The van der Waals surface area contributed by atoms with Crippen LogP contribution in [0.5, 0.6) is 5.75 Å². The molecule has 0 aliphatic heterocycles. The zero-order valence-electron chi connectivity index (χ0n) is 14.9. The Morgan fingerprint density at radius 2 is 1.73 bits per heavy atom. The van der Waals surface area contributed by atoms with Crippen molar-refractivity contribution in [3.63, 3.8) is 0 Å². The molecule has 8 heteroatoms. The summed E-state index contributed by atoms with van der Waals surface area (Å²) in [5.74, 6) is 0.408. The molecule has 0 saturated heterocycles. The first-order valence-corrected chi connectivity index (χ1v) is 9.96. The molecule has 0 fully saturated rings. The number of carbonyl (C=O) groups excluding carboxylic acids is 1. The molecule has 0 spiro atoms. The van der Waals surface area contributed by atoms with E-state index in [1.165, 1.54) is 0 Å². The fraction of sp³-hybridized carbons (Fsp3) is 0.333. The lowest BCUT2D eigenvalue weighted by molar-refractivity contribution is -0.134. The largest absolute Gasteiger partial charge is 0.427 e. The van der Waals surface area contributed by atoms with Gasteiger partial charge < -0.3 is 10.5 Å². The van der Waals surface area contributed by atoms with Crippen molar-refractivity contribution in [3.8, 4) is 5.75 Å². The van der Waals surface area contributed by atoms with Crippen LogP contribution in [0.15, 0.2) is 36.4 Å². The molecule has 4 N–H and O–H groups in total. The van der Waals surface area contributed by atoms with Gasteiger partial charge in [-0.2, -0.15) is 8.42 Å². The van der Waals surface area contributed by atoms with Crippen molar-refractivity contribution >= 4 is 32.7 Å². The molecule has 0 amide bonds. The summed E-state index contributed by atoms with van der Waals surface area (Å²) in [5.41, 5.74) is 6.16. The molecule has 0 atom stereocenters. The maximum atomic E-state index is 11.7. The van der Waals surface area contributed by atoms with Crippen molar-refractivity contribution < 1.29 is 22.5 Å². The number of benzene rings is 2. The summed E-state index contributed by atoms with van der Waals surface area (Å²) >= 11 is 0. The third-order valence-electron chi connectivity index (χ3n) is 3.34. The Bertz CT molecular complexity index is 870. The summed E-state index contributed by atoms with van der Waals surface area (Å²) in [7, 11) is -3.67. The number of ether oxygens (including phenoxy) is 1. The number of fused-ring (bicyclic) bond motifs is 1. The van der Waals surface area contributed by atoms with Gasteiger partial charge in [0, 0.05) is 12.0 Å². The van der Waals surface area contributed by atoms with E-state index in [-0.39, 0.29) is 11.8 Å². The number of carbonyl (C=O) groups is 1. The van der Waals surface area contributed by atoms with Crippen LogP contribution in [-0.2, 0) is 14.9 Å². The van der Waals surface area contributed by atoms with Crippen molar-refractivity contribution in [2.24, 2.45) is 5.73 Å². The van der Waals surface area contributed by atoms with E-state index in [2.05, 4.69) is 6.92 Å². The average molecular weight is 380 g/mol. The number of rotatable bonds is 6. The van der Waals surface area contributed by atoms with Gasteiger partial charge in [-0.3, -0.25) is 14.8 Å². The van der Waals surface area contributed by atoms with Crippen LogP contribution in [0.3, 0.4) is 0 Å². The van der Waals surface area contributed by atoms with E-state index in [1.807, 2.05) is 24.3 Å². The maximum absolute atomic E-state index is 11.7. The van der Waals surface area contributed by atoms with Crippen molar-refractivity contribution in [3.05, 3.63) is 42.0 Å². The number of hydrogen-bond acceptors (Lipinski definition) is 5. The molecule has 0 aliphatic rings. The van der Waals surface area contributed by atoms with Crippen molar-refractivity contribution in [2.75, 3.05) is 6.26 Å². The summed E-state index contributed by atoms with van der Waals surface area (Å²) in [4.78, 5) is 11.7. The van der Waals surface area contributed by atoms with E-state index in [0.29, 0.717) is 24.0 Å². The van der Waals surface area contributed by atoms with Crippen LogP contribution in [-0.4, -0.2) is 31.0 Å². The molecular weight excluding hydrogens is 356 g/mol. The Kier molecular flexibility index (Phi) is 8.21. The standard InChI is InChI=1S/C17H20N2O2.CH4O3S/c1-2-3-4-5-16(20)21-15-9-8-12-10-14(17(18)19)7-6-13(12)11-15;1-5(2,3)4/h6-11H,2-5H2,1H3,(H3,18,19);1H3,(H,2,3,4). The molecular formula is C18H24N2O5S. The normalized spacial score (nSPS) is 10.7. The van der Waals surface area contributed by atoms with Crippen LogP contribution in [0, 0.1) is 5.41 Å². The van der Waals surface area contributed by atoms with E-state index in [9.17, 15) is 13.2 Å². The van der Waals surface area contributed by atoms with Gasteiger partial charge in [0.15, 0.2) is 0 Å². The minimum absolute atomic E-state index is 0.0447. The van der Waals surface area contributed by atoms with Gasteiger partial charge in [0.2, 0.25) is 0 Å². The second-order valence-electron chi connectivity index (χ2n) is 5.80. The van der Waals surface area contributed by atoms with E-state index >= 15 is 0 Å². The lowest BCUT2D eigenvalue weighted by Gasteiger charge is -2.07. The van der Waals surface area contributed by atoms with Crippen molar-refractivity contribution in [1.29, 1.82) is 5.41 Å². The molecule has 0 saturated carbocycles. The van der Waals surface area contributed by atoms with Gasteiger partial charge in [-0.1, -0.05) is 38.0 Å². The molecule has 2 aromatic rings. The lowest BCUT2D eigenvalue weighted by atomic mass is 10.1. The van der Waals surface area contributed by atoms with Crippen LogP contribution in [0.25, 0.3) is 10.8 Å². The third kappa shape index (κ3) is 8.59.